The molecule has 1 fully saturated rings. The van der Waals surface area contributed by atoms with Crippen molar-refractivity contribution in [3.63, 3.8) is 0 Å². The number of nitrogens with zero attached hydrogens (tertiary/aromatic N) is 2. The standard InChI is InChI=1S/C25H26BrN3O5S2/c1-34-14-4-13-29-20-9-8-19(17-6-2-7-18(23(17)20)25(29)31)27-24(30)16-5-3-12-28(15-16)36(32,33)22-11-10-21(26)35-22/h2,6-11,16H,3-5,12-15H2,1H3,(H,27,30). The van der Waals surface area contributed by atoms with Crippen molar-refractivity contribution >= 4 is 71.3 Å². The van der Waals surface area contributed by atoms with Crippen molar-refractivity contribution in [3.8, 4) is 0 Å². The van der Waals surface area contributed by atoms with Crippen molar-refractivity contribution in [2.75, 3.05) is 43.6 Å². The summed E-state index contributed by atoms with van der Waals surface area (Å²) in [6.45, 7) is 1.64. The Kier molecular flexibility index (Phi) is 7.19. The fraction of sp³-hybridized carbons (Fsp3) is 0.360. The number of hydrogen-bond acceptors (Lipinski definition) is 6. The summed E-state index contributed by atoms with van der Waals surface area (Å²) in [5.74, 6) is -0.736. The smallest absolute Gasteiger partial charge is 0.258 e. The van der Waals surface area contributed by atoms with Crippen LogP contribution in [0.25, 0.3) is 10.8 Å². The number of hydrogen-bond donors (Lipinski definition) is 1. The molecule has 1 atom stereocenters. The maximum absolute atomic E-state index is 13.3. The van der Waals surface area contributed by atoms with Gasteiger partial charge in [0.2, 0.25) is 5.91 Å². The molecule has 3 aromatic rings. The molecule has 1 unspecified atom stereocenters. The van der Waals surface area contributed by atoms with Crippen LogP contribution in [0.5, 0.6) is 0 Å². The molecule has 2 aliphatic heterocycles. The van der Waals surface area contributed by atoms with Gasteiger partial charge in [0.15, 0.2) is 0 Å². The van der Waals surface area contributed by atoms with Crippen LogP contribution in [0.1, 0.15) is 29.6 Å². The fourth-order valence-electron chi connectivity index (χ4n) is 4.92. The van der Waals surface area contributed by atoms with E-state index in [4.69, 9.17) is 4.74 Å². The molecule has 1 saturated heterocycles. The molecule has 0 bridgehead atoms. The topological polar surface area (TPSA) is 96.0 Å². The summed E-state index contributed by atoms with van der Waals surface area (Å²) < 4.78 is 33.7. The number of ether oxygens (including phenoxy) is 1. The van der Waals surface area contributed by atoms with Gasteiger partial charge in [0.1, 0.15) is 4.21 Å². The lowest BCUT2D eigenvalue weighted by molar-refractivity contribution is -0.120. The van der Waals surface area contributed by atoms with E-state index < -0.39 is 15.9 Å². The summed E-state index contributed by atoms with van der Waals surface area (Å²) in [7, 11) is -2.01. The lowest BCUT2D eigenvalue weighted by Crippen LogP contribution is -2.43. The van der Waals surface area contributed by atoms with Gasteiger partial charge in [0, 0.05) is 55.4 Å². The number of sulfonamides is 1. The third-order valence-electron chi connectivity index (χ3n) is 6.67. The number of halogens is 1. The summed E-state index contributed by atoms with van der Waals surface area (Å²) in [5.41, 5.74) is 2.07. The average Bonchev–Trinajstić information content (AvgIpc) is 3.44. The predicted octanol–water partition coefficient (Wildman–Crippen LogP) is 4.70. The maximum Gasteiger partial charge on any atom is 0.258 e. The Labute approximate surface area is 222 Å². The minimum Gasteiger partial charge on any atom is -0.385 e. The van der Waals surface area contributed by atoms with Crippen molar-refractivity contribution in [3.05, 3.63) is 51.8 Å². The summed E-state index contributed by atoms with van der Waals surface area (Å²) >= 11 is 4.48. The number of amides is 2. The van der Waals surface area contributed by atoms with Gasteiger partial charge < -0.3 is 15.0 Å². The molecule has 190 valence electrons. The van der Waals surface area contributed by atoms with Crippen molar-refractivity contribution in [2.45, 2.75) is 23.5 Å². The van der Waals surface area contributed by atoms with Crippen LogP contribution < -0.4 is 10.2 Å². The van der Waals surface area contributed by atoms with Crippen LogP contribution in [-0.4, -0.2) is 57.9 Å². The predicted molar refractivity (Wildman–Crippen MR) is 144 cm³/mol. The molecule has 3 heterocycles. The normalized spacial score (nSPS) is 18.2. The molecule has 36 heavy (non-hydrogen) atoms. The summed E-state index contributed by atoms with van der Waals surface area (Å²) in [6.07, 6.45) is 1.94. The van der Waals surface area contributed by atoms with E-state index >= 15 is 0 Å². The third kappa shape index (κ3) is 4.58. The Balaban J connectivity index is 1.36. The van der Waals surface area contributed by atoms with Gasteiger partial charge in [-0.3, -0.25) is 9.59 Å². The lowest BCUT2D eigenvalue weighted by Gasteiger charge is -2.31. The Morgan fingerprint density at radius 2 is 2.06 bits per heavy atom. The highest BCUT2D eigenvalue weighted by atomic mass is 79.9. The second-order valence-corrected chi connectivity index (χ2v) is 13.5. The quantitative estimate of drug-likeness (QED) is 0.383. The van der Waals surface area contributed by atoms with Gasteiger partial charge in [-0.2, -0.15) is 4.31 Å². The maximum atomic E-state index is 13.3. The molecule has 2 aromatic carbocycles. The Hall–Kier alpha value is -2.31. The molecule has 1 aromatic heterocycles. The van der Waals surface area contributed by atoms with Crippen molar-refractivity contribution in [1.29, 1.82) is 0 Å². The first-order valence-corrected chi connectivity index (χ1v) is 14.8. The van der Waals surface area contributed by atoms with Gasteiger partial charge in [0.25, 0.3) is 15.9 Å². The summed E-state index contributed by atoms with van der Waals surface area (Å²) in [5, 5.41) is 4.64. The molecule has 11 heteroatoms. The van der Waals surface area contributed by atoms with E-state index in [-0.39, 0.29) is 22.6 Å². The van der Waals surface area contributed by atoms with E-state index in [0.717, 1.165) is 38.0 Å². The number of carbonyl (C=O) groups excluding carboxylic acids is 2. The van der Waals surface area contributed by atoms with Gasteiger partial charge in [-0.1, -0.05) is 12.1 Å². The highest BCUT2D eigenvalue weighted by Crippen LogP contribution is 2.41. The zero-order chi connectivity index (χ0) is 25.4. The second kappa shape index (κ2) is 10.2. The molecule has 1 N–H and O–H groups in total. The van der Waals surface area contributed by atoms with Crippen LogP contribution in [0.2, 0.25) is 0 Å². The van der Waals surface area contributed by atoms with Crippen molar-refractivity contribution in [1.82, 2.24) is 4.31 Å². The second-order valence-electron chi connectivity index (χ2n) is 8.91. The summed E-state index contributed by atoms with van der Waals surface area (Å²) in [6, 6.07) is 12.5. The van der Waals surface area contributed by atoms with E-state index in [1.165, 1.54) is 4.31 Å². The van der Waals surface area contributed by atoms with E-state index in [0.29, 0.717) is 43.8 Å². The molecule has 0 radical (unpaired) electrons. The average molecular weight is 593 g/mol. The zero-order valence-corrected chi connectivity index (χ0v) is 22.9. The van der Waals surface area contributed by atoms with Crippen LogP contribution in [-0.2, 0) is 19.6 Å². The molecule has 0 saturated carbocycles. The molecule has 2 aliphatic rings. The van der Waals surface area contributed by atoms with E-state index in [1.807, 2.05) is 30.3 Å². The SMILES string of the molecule is COCCCN1C(=O)c2cccc3c(NC(=O)C4CCCN(S(=O)(=O)c5ccc(Br)s5)C4)ccc1c23. The van der Waals surface area contributed by atoms with Gasteiger partial charge in [-0.15, -0.1) is 11.3 Å². The molecular weight excluding hydrogens is 566 g/mol. The number of anilines is 2. The molecule has 8 nitrogen and oxygen atoms in total. The number of benzene rings is 2. The Morgan fingerprint density at radius 3 is 2.81 bits per heavy atom. The molecular formula is C25H26BrN3O5S2. The van der Waals surface area contributed by atoms with Gasteiger partial charge in [-0.05, 0) is 65.5 Å². The first-order chi connectivity index (χ1) is 17.3. The van der Waals surface area contributed by atoms with Gasteiger partial charge in [-0.25, -0.2) is 8.42 Å². The van der Waals surface area contributed by atoms with E-state index in [9.17, 15) is 18.0 Å². The monoisotopic (exact) mass is 591 g/mol. The van der Waals surface area contributed by atoms with Crippen LogP contribution in [0.4, 0.5) is 11.4 Å². The number of thiophene rings is 1. The number of piperidine rings is 1. The minimum atomic E-state index is -3.65. The molecule has 0 aliphatic carbocycles. The Morgan fingerprint density at radius 1 is 1.22 bits per heavy atom. The molecule has 2 amide bonds. The fourth-order valence-corrected chi connectivity index (χ4v) is 8.61. The van der Waals surface area contributed by atoms with Gasteiger partial charge >= 0.3 is 0 Å². The van der Waals surface area contributed by atoms with Crippen LogP contribution >= 0.6 is 27.3 Å². The van der Waals surface area contributed by atoms with Crippen LogP contribution in [0, 0.1) is 5.92 Å². The molecule has 5 rings (SSSR count). The number of methoxy groups -OCH3 is 1. The zero-order valence-electron chi connectivity index (χ0n) is 19.7. The number of rotatable bonds is 8. The number of nitrogens with one attached hydrogen (secondary N) is 1. The Bertz CT molecular complexity index is 1440. The van der Waals surface area contributed by atoms with Crippen molar-refractivity contribution in [2.24, 2.45) is 5.92 Å². The van der Waals surface area contributed by atoms with Crippen LogP contribution in [0.3, 0.4) is 0 Å². The summed E-state index contributed by atoms with van der Waals surface area (Å²) in [4.78, 5) is 28.1. The van der Waals surface area contributed by atoms with Crippen LogP contribution in [0.15, 0.2) is 50.5 Å². The lowest BCUT2D eigenvalue weighted by atomic mass is 9.98. The van der Waals surface area contributed by atoms with Gasteiger partial charge in [0.05, 0.1) is 15.4 Å². The first-order valence-electron chi connectivity index (χ1n) is 11.7. The minimum absolute atomic E-state index is 0.0523. The number of carbonyl (C=O) groups is 2. The van der Waals surface area contributed by atoms with Crippen molar-refractivity contribution < 1.29 is 22.7 Å². The van der Waals surface area contributed by atoms with E-state index in [1.54, 1.807) is 24.1 Å². The molecule has 0 spiro atoms. The van der Waals surface area contributed by atoms with E-state index in [2.05, 4.69) is 21.2 Å². The largest absolute Gasteiger partial charge is 0.385 e. The highest BCUT2D eigenvalue weighted by molar-refractivity contribution is 9.11. The third-order valence-corrected chi connectivity index (χ3v) is 10.6. The highest BCUT2D eigenvalue weighted by Gasteiger charge is 2.35. The first kappa shape index (κ1) is 25.3.